The number of halogens is 4. The van der Waals surface area contributed by atoms with Gasteiger partial charge >= 0.3 is 0 Å². The summed E-state index contributed by atoms with van der Waals surface area (Å²) in [6, 6.07) is 6.83. The predicted octanol–water partition coefficient (Wildman–Crippen LogP) is 4.63. The number of aryl methyl sites for hydroxylation is 1. The number of benzene rings is 2. The third-order valence-corrected chi connectivity index (χ3v) is 3.32. The maximum absolute atomic E-state index is 13.9. The molecule has 2 N–H and O–H groups in total. The van der Waals surface area contributed by atoms with Crippen LogP contribution in [0.25, 0.3) is 0 Å². The van der Waals surface area contributed by atoms with E-state index in [9.17, 15) is 8.78 Å². The first-order valence-corrected chi connectivity index (χ1v) is 6.32. The molecule has 0 amide bonds. The van der Waals surface area contributed by atoms with Gasteiger partial charge in [0.15, 0.2) is 11.6 Å². The Hall–Kier alpha value is -1.16. The topological polar surface area (TPSA) is 26.0 Å². The summed E-state index contributed by atoms with van der Waals surface area (Å²) in [4.78, 5) is 0. The molecule has 2 rings (SSSR count). The van der Waals surface area contributed by atoms with E-state index in [1.807, 2.05) is 0 Å². The van der Waals surface area contributed by atoms with Crippen molar-refractivity contribution in [2.24, 2.45) is 5.73 Å². The summed E-state index contributed by atoms with van der Waals surface area (Å²) in [6.07, 6.45) is 0. The van der Waals surface area contributed by atoms with Crippen molar-refractivity contribution in [2.45, 2.75) is 13.0 Å². The summed E-state index contributed by atoms with van der Waals surface area (Å²) in [5.41, 5.74) is 6.78. The van der Waals surface area contributed by atoms with Crippen LogP contribution in [0.3, 0.4) is 0 Å². The van der Waals surface area contributed by atoms with E-state index in [0.29, 0.717) is 15.6 Å². The Bertz CT molecular complexity index is 609. The van der Waals surface area contributed by atoms with Crippen LogP contribution in [0.2, 0.25) is 10.0 Å². The van der Waals surface area contributed by atoms with Gasteiger partial charge in [0.05, 0.1) is 6.04 Å². The number of hydrogen-bond donors (Lipinski definition) is 1. The zero-order chi connectivity index (χ0) is 14.2. The maximum atomic E-state index is 13.9. The highest BCUT2D eigenvalue weighted by Crippen LogP contribution is 2.29. The second kappa shape index (κ2) is 5.45. The van der Waals surface area contributed by atoms with Crippen molar-refractivity contribution in [3.63, 3.8) is 0 Å². The Kier molecular flexibility index (Phi) is 4.09. The van der Waals surface area contributed by atoms with E-state index in [1.54, 1.807) is 18.2 Å². The lowest BCUT2D eigenvalue weighted by molar-refractivity contribution is 0.489. The molecule has 0 heterocycles. The van der Waals surface area contributed by atoms with Crippen molar-refractivity contribution in [1.82, 2.24) is 0 Å². The molecule has 0 aliphatic rings. The third-order valence-electron chi connectivity index (χ3n) is 2.88. The zero-order valence-corrected chi connectivity index (χ0v) is 11.6. The van der Waals surface area contributed by atoms with E-state index in [0.717, 1.165) is 0 Å². The number of rotatable bonds is 2. The van der Waals surface area contributed by atoms with Gasteiger partial charge in [-0.1, -0.05) is 35.3 Å². The Morgan fingerprint density at radius 3 is 2.16 bits per heavy atom. The zero-order valence-electron chi connectivity index (χ0n) is 10.1. The molecule has 1 atom stereocenters. The highest BCUT2D eigenvalue weighted by Gasteiger charge is 2.18. The monoisotopic (exact) mass is 301 g/mol. The van der Waals surface area contributed by atoms with Gasteiger partial charge in [-0.2, -0.15) is 0 Å². The SMILES string of the molecule is Cc1ccc(C(N)c2cc(Cl)cc(Cl)c2)c(F)c1F. The van der Waals surface area contributed by atoms with Gasteiger partial charge in [-0.3, -0.25) is 0 Å². The Labute approximate surface area is 119 Å². The lowest BCUT2D eigenvalue weighted by atomic mass is 9.98. The smallest absolute Gasteiger partial charge is 0.164 e. The predicted molar refractivity (Wildman–Crippen MR) is 73.6 cm³/mol. The van der Waals surface area contributed by atoms with E-state index in [4.69, 9.17) is 28.9 Å². The summed E-state index contributed by atoms with van der Waals surface area (Å²) in [5, 5.41) is 0.789. The van der Waals surface area contributed by atoms with Gasteiger partial charge in [0, 0.05) is 15.6 Å². The fraction of sp³-hybridized carbons (Fsp3) is 0.143. The first-order chi connectivity index (χ1) is 8.90. The van der Waals surface area contributed by atoms with Crippen molar-refractivity contribution in [2.75, 3.05) is 0 Å². The second-order valence-corrected chi connectivity index (χ2v) is 5.15. The molecule has 0 aliphatic heterocycles. The molecule has 100 valence electrons. The van der Waals surface area contributed by atoms with Crippen LogP contribution in [-0.2, 0) is 0 Å². The largest absolute Gasteiger partial charge is 0.320 e. The van der Waals surface area contributed by atoms with Crippen LogP contribution in [0.15, 0.2) is 30.3 Å². The summed E-state index contributed by atoms with van der Waals surface area (Å²) in [5.74, 6) is -1.83. The molecule has 0 radical (unpaired) electrons. The van der Waals surface area contributed by atoms with Crippen molar-refractivity contribution >= 4 is 23.2 Å². The van der Waals surface area contributed by atoms with Crippen LogP contribution in [0.1, 0.15) is 22.7 Å². The molecule has 0 bridgehead atoms. The molecular weight excluding hydrogens is 291 g/mol. The molecule has 2 aromatic rings. The van der Waals surface area contributed by atoms with Gasteiger partial charge in [-0.05, 0) is 36.2 Å². The van der Waals surface area contributed by atoms with Crippen LogP contribution in [0.4, 0.5) is 8.78 Å². The van der Waals surface area contributed by atoms with Gasteiger partial charge in [0.25, 0.3) is 0 Å². The first kappa shape index (κ1) is 14.3. The van der Waals surface area contributed by atoms with E-state index in [2.05, 4.69) is 0 Å². The molecular formula is C14H11Cl2F2N. The molecule has 1 nitrogen and oxygen atoms in total. The maximum Gasteiger partial charge on any atom is 0.164 e. The van der Waals surface area contributed by atoms with Gasteiger partial charge < -0.3 is 5.73 Å². The second-order valence-electron chi connectivity index (χ2n) is 4.28. The molecule has 5 heteroatoms. The van der Waals surface area contributed by atoms with Crippen molar-refractivity contribution < 1.29 is 8.78 Å². The van der Waals surface area contributed by atoms with Crippen LogP contribution in [0, 0.1) is 18.6 Å². The van der Waals surface area contributed by atoms with Crippen LogP contribution < -0.4 is 5.73 Å². The summed E-state index contributed by atoms with van der Waals surface area (Å²) in [6.45, 7) is 1.49. The molecule has 0 aliphatic carbocycles. The summed E-state index contributed by atoms with van der Waals surface area (Å²) >= 11 is 11.7. The lowest BCUT2D eigenvalue weighted by Gasteiger charge is -2.15. The highest BCUT2D eigenvalue weighted by atomic mass is 35.5. The van der Waals surface area contributed by atoms with Crippen molar-refractivity contribution in [3.05, 3.63) is 68.7 Å². The average molecular weight is 302 g/mol. The third kappa shape index (κ3) is 2.89. The minimum Gasteiger partial charge on any atom is -0.320 e. The molecule has 1 unspecified atom stereocenters. The minimum absolute atomic E-state index is 0.0708. The van der Waals surface area contributed by atoms with E-state index >= 15 is 0 Å². The average Bonchev–Trinajstić information content (AvgIpc) is 2.34. The Morgan fingerprint density at radius 2 is 1.58 bits per heavy atom. The van der Waals surface area contributed by atoms with Crippen LogP contribution in [0.5, 0.6) is 0 Å². The molecule has 0 spiro atoms. The molecule has 0 aromatic heterocycles. The molecule has 0 saturated carbocycles. The van der Waals surface area contributed by atoms with Crippen molar-refractivity contribution in [1.29, 1.82) is 0 Å². The lowest BCUT2D eigenvalue weighted by Crippen LogP contribution is -2.15. The summed E-state index contributed by atoms with van der Waals surface area (Å²) < 4.78 is 27.4. The van der Waals surface area contributed by atoms with Gasteiger partial charge in [-0.15, -0.1) is 0 Å². The quantitative estimate of drug-likeness (QED) is 0.860. The Balaban J connectivity index is 2.50. The standard InChI is InChI=1S/C14H11Cl2F2N/c1-7-2-3-11(13(18)12(7)17)14(19)8-4-9(15)6-10(16)5-8/h2-6,14H,19H2,1H3. The van der Waals surface area contributed by atoms with Gasteiger partial charge in [-0.25, -0.2) is 8.78 Å². The van der Waals surface area contributed by atoms with Gasteiger partial charge in [0.1, 0.15) is 0 Å². The Morgan fingerprint density at radius 1 is 1.00 bits per heavy atom. The van der Waals surface area contributed by atoms with E-state index in [1.165, 1.54) is 19.1 Å². The van der Waals surface area contributed by atoms with E-state index in [-0.39, 0.29) is 11.1 Å². The first-order valence-electron chi connectivity index (χ1n) is 5.56. The summed E-state index contributed by atoms with van der Waals surface area (Å²) in [7, 11) is 0. The molecule has 19 heavy (non-hydrogen) atoms. The van der Waals surface area contributed by atoms with Gasteiger partial charge in [0.2, 0.25) is 0 Å². The minimum atomic E-state index is -0.941. The molecule has 0 fully saturated rings. The fourth-order valence-electron chi connectivity index (χ4n) is 1.84. The highest BCUT2D eigenvalue weighted by molar-refractivity contribution is 6.34. The fourth-order valence-corrected chi connectivity index (χ4v) is 2.38. The molecule has 2 aromatic carbocycles. The van der Waals surface area contributed by atoms with Crippen LogP contribution >= 0.6 is 23.2 Å². The van der Waals surface area contributed by atoms with Crippen molar-refractivity contribution in [3.8, 4) is 0 Å². The molecule has 0 saturated heterocycles. The number of nitrogens with two attached hydrogens (primary N) is 1. The normalized spacial score (nSPS) is 12.5. The number of hydrogen-bond acceptors (Lipinski definition) is 1. The van der Waals surface area contributed by atoms with Crippen LogP contribution in [-0.4, -0.2) is 0 Å². The van der Waals surface area contributed by atoms with E-state index < -0.39 is 17.7 Å².